The first-order chi connectivity index (χ1) is 5.75. The summed E-state index contributed by atoms with van der Waals surface area (Å²) in [6.45, 7) is 7.99. The molecular formula is C9H15N3. The van der Waals surface area contributed by atoms with Crippen LogP contribution < -0.4 is 0 Å². The highest BCUT2D eigenvalue weighted by Gasteiger charge is 2.02. The lowest BCUT2D eigenvalue weighted by molar-refractivity contribution is 0.527. The van der Waals surface area contributed by atoms with Gasteiger partial charge < -0.3 is 0 Å². The third kappa shape index (κ3) is 2.39. The third-order valence-electron chi connectivity index (χ3n) is 1.27. The van der Waals surface area contributed by atoms with Crippen LogP contribution in [-0.4, -0.2) is 9.78 Å². The van der Waals surface area contributed by atoms with Crippen LogP contribution in [-0.2, 0) is 0 Å². The van der Waals surface area contributed by atoms with E-state index in [0.717, 1.165) is 0 Å². The molecule has 1 rings (SSSR count). The molecule has 0 radical (unpaired) electrons. The van der Waals surface area contributed by atoms with Gasteiger partial charge in [0, 0.05) is 6.04 Å². The fraction of sp³-hybridized carbons (Fsp3) is 0.556. The van der Waals surface area contributed by atoms with Crippen LogP contribution in [0, 0.1) is 11.3 Å². The SMILES string of the molecule is CC.CC(C)n1nccc1C#N. The van der Waals surface area contributed by atoms with E-state index in [0.29, 0.717) is 5.69 Å². The van der Waals surface area contributed by atoms with Crippen LogP contribution in [0.5, 0.6) is 0 Å². The van der Waals surface area contributed by atoms with Gasteiger partial charge in [0.2, 0.25) is 0 Å². The summed E-state index contributed by atoms with van der Waals surface area (Å²) < 4.78 is 1.69. The second-order valence-electron chi connectivity index (χ2n) is 2.37. The largest absolute Gasteiger partial charge is 0.252 e. The van der Waals surface area contributed by atoms with E-state index in [9.17, 15) is 0 Å². The van der Waals surface area contributed by atoms with Gasteiger partial charge in [0.15, 0.2) is 0 Å². The number of hydrogen-bond acceptors (Lipinski definition) is 2. The molecule has 0 N–H and O–H groups in total. The van der Waals surface area contributed by atoms with E-state index in [2.05, 4.69) is 11.2 Å². The first-order valence-corrected chi connectivity index (χ1v) is 4.19. The average Bonchev–Trinajstić information content (AvgIpc) is 2.55. The zero-order chi connectivity index (χ0) is 9.56. The zero-order valence-corrected chi connectivity index (χ0v) is 8.07. The molecule has 0 fully saturated rings. The van der Waals surface area contributed by atoms with Crippen LogP contribution in [0.2, 0.25) is 0 Å². The molecule has 0 spiro atoms. The minimum atomic E-state index is 0.268. The molecule has 0 atom stereocenters. The first kappa shape index (κ1) is 10.7. The van der Waals surface area contributed by atoms with E-state index in [4.69, 9.17) is 5.26 Å². The Balaban J connectivity index is 0.000000561. The van der Waals surface area contributed by atoms with Crippen LogP contribution in [0.1, 0.15) is 39.4 Å². The van der Waals surface area contributed by atoms with Gasteiger partial charge in [-0.3, -0.25) is 4.68 Å². The third-order valence-corrected chi connectivity index (χ3v) is 1.27. The molecule has 0 aliphatic rings. The van der Waals surface area contributed by atoms with E-state index < -0.39 is 0 Å². The van der Waals surface area contributed by atoms with Crippen LogP contribution >= 0.6 is 0 Å². The summed E-state index contributed by atoms with van der Waals surface area (Å²) in [6, 6.07) is 4.03. The lowest BCUT2D eigenvalue weighted by atomic mass is 10.4. The maximum atomic E-state index is 8.55. The number of nitrogens with zero attached hydrogens (tertiary/aromatic N) is 3. The van der Waals surface area contributed by atoms with Crippen molar-refractivity contribution in [3.05, 3.63) is 18.0 Å². The molecule has 66 valence electrons. The smallest absolute Gasteiger partial charge is 0.138 e. The van der Waals surface area contributed by atoms with Crippen molar-refractivity contribution in [3.63, 3.8) is 0 Å². The van der Waals surface area contributed by atoms with Crippen molar-refractivity contribution in [1.29, 1.82) is 5.26 Å². The Bertz CT molecular complexity index is 255. The van der Waals surface area contributed by atoms with E-state index in [1.54, 1.807) is 16.9 Å². The van der Waals surface area contributed by atoms with Crippen molar-refractivity contribution >= 4 is 0 Å². The lowest BCUT2D eigenvalue weighted by Gasteiger charge is -2.04. The Morgan fingerprint density at radius 3 is 2.42 bits per heavy atom. The van der Waals surface area contributed by atoms with Gasteiger partial charge in [-0.15, -0.1) is 0 Å². The lowest BCUT2D eigenvalue weighted by Crippen LogP contribution is -2.04. The molecule has 0 unspecified atom stereocenters. The van der Waals surface area contributed by atoms with Crippen molar-refractivity contribution in [2.24, 2.45) is 0 Å². The van der Waals surface area contributed by atoms with Gasteiger partial charge in [-0.2, -0.15) is 10.4 Å². The van der Waals surface area contributed by atoms with Crippen molar-refractivity contribution in [1.82, 2.24) is 9.78 Å². The van der Waals surface area contributed by atoms with Gasteiger partial charge in [0.05, 0.1) is 6.20 Å². The Hall–Kier alpha value is -1.30. The topological polar surface area (TPSA) is 41.6 Å². The molecule has 3 heteroatoms. The van der Waals surface area contributed by atoms with Gasteiger partial charge >= 0.3 is 0 Å². The summed E-state index contributed by atoms with van der Waals surface area (Å²) in [6.07, 6.45) is 1.64. The Labute approximate surface area is 73.6 Å². The normalized spacial score (nSPS) is 8.67. The molecule has 12 heavy (non-hydrogen) atoms. The number of rotatable bonds is 1. The Morgan fingerprint density at radius 1 is 1.50 bits per heavy atom. The number of hydrogen-bond donors (Lipinski definition) is 0. The predicted octanol–water partition coefficient (Wildman–Crippen LogP) is 2.36. The minimum absolute atomic E-state index is 0.268. The average molecular weight is 165 g/mol. The molecule has 0 saturated heterocycles. The molecular weight excluding hydrogens is 150 g/mol. The molecule has 0 amide bonds. The Kier molecular flexibility index (Phi) is 4.78. The highest BCUT2D eigenvalue weighted by molar-refractivity contribution is 5.18. The molecule has 0 aromatic carbocycles. The molecule has 1 aromatic heterocycles. The molecule has 0 bridgehead atoms. The van der Waals surface area contributed by atoms with E-state index in [1.165, 1.54) is 0 Å². The molecule has 0 aliphatic heterocycles. The monoisotopic (exact) mass is 165 g/mol. The highest BCUT2D eigenvalue weighted by Crippen LogP contribution is 2.05. The van der Waals surface area contributed by atoms with Crippen LogP contribution in [0.25, 0.3) is 0 Å². The first-order valence-electron chi connectivity index (χ1n) is 4.19. The quantitative estimate of drug-likeness (QED) is 0.641. The summed E-state index contributed by atoms with van der Waals surface area (Å²) in [5, 5.41) is 12.5. The van der Waals surface area contributed by atoms with Crippen molar-refractivity contribution < 1.29 is 0 Å². The standard InChI is InChI=1S/C7H9N3.C2H6/c1-6(2)10-7(5-8)3-4-9-10;1-2/h3-4,6H,1-2H3;1-2H3. The van der Waals surface area contributed by atoms with Gasteiger partial charge in [0.1, 0.15) is 11.8 Å². The second kappa shape index (κ2) is 5.36. The number of nitriles is 1. The van der Waals surface area contributed by atoms with Crippen molar-refractivity contribution in [2.45, 2.75) is 33.7 Å². The van der Waals surface area contributed by atoms with Crippen LogP contribution in [0.4, 0.5) is 0 Å². The maximum absolute atomic E-state index is 8.55. The van der Waals surface area contributed by atoms with E-state index >= 15 is 0 Å². The number of aromatic nitrogens is 2. The highest BCUT2D eigenvalue weighted by atomic mass is 15.3. The molecule has 3 nitrogen and oxygen atoms in total. The molecule has 1 heterocycles. The van der Waals surface area contributed by atoms with Gasteiger partial charge in [-0.05, 0) is 19.9 Å². The fourth-order valence-electron chi connectivity index (χ4n) is 0.814. The summed E-state index contributed by atoms with van der Waals surface area (Å²) in [4.78, 5) is 0. The van der Waals surface area contributed by atoms with Gasteiger partial charge in [0.25, 0.3) is 0 Å². The minimum Gasteiger partial charge on any atom is -0.252 e. The van der Waals surface area contributed by atoms with Crippen LogP contribution in [0.15, 0.2) is 12.3 Å². The summed E-state index contributed by atoms with van der Waals surface area (Å²) in [7, 11) is 0. The zero-order valence-electron chi connectivity index (χ0n) is 8.07. The molecule has 0 aliphatic carbocycles. The van der Waals surface area contributed by atoms with E-state index in [1.807, 2.05) is 27.7 Å². The summed E-state index contributed by atoms with van der Waals surface area (Å²) in [5.41, 5.74) is 0.620. The fourth-order valence-corrected chi connectivity index (χ4v) is 0.814. The predicted molar refractivity (Wildman–Crippen MR) is 48.7 cm³/mol. The summed E-state index contributed by atoms with van der Waals surface area (Å²) >= 11 is 0. The van der Waals surface area contributed by atoms with Gasteiger partial charge in [-0.1, -0.05) is 13.8 Å². The van der Waals surface area contributed by atoms with E-state index in [-0.39, 0.29) is 6.04 Å². The van der Waals surface area contributed by atoms with Crippen molar-refractivity contribution in [2.75, 3.05) is 0 Å². The summed E-state index contributed by atoms with van der Waals surface area (Å²) in [5.74, 6) is 0. The van der Waals surface area contributed by atoms with Crippen LogP contribution in [0.3, 0.4) is 0 Å². The van der Waals surface area contributed by atoms with Gasteiger partial charge in [-0.25, -0.2) is 0 Å². The Morgan fingerprint density at radius 2 is 2.08 bits per heavy atom. The molecule has 0 saturated carbocycles. The maximum Gasteiger partial charge on any atom is 0.138 e. The van der Waals surface area contributed by atoms with Crippen molar-refractivity contribution in [3.8, 4) is 6.07 Å². The molecule has 1 aromatic rings. The second-order valence-corrected chi connectivity index (χ2v) is 2.37.